The van der Waals surface area contributed by atoms with Crippen molar-refractivity contribution in [3.05, 3.63) is 89.6 Å². The van der Waals surface area contributed by atoms with Crippen molar-refractivity contribution in [2.45, 2.75) is 26.3 Å². The molecule has 6 heteroatoms. The number of nitrogens with zero attached hydrogens (tertiary/aromatic N) is 3. The summed E-state index contributed by atoms with van der Waals surface area (Å²) in [6, 6.07) is 21.3. The standard InChI is InChI=1S/C25H24N4O2/c1-2-18-10-12-20(13-11-18)22-15-24(31)29(25-21(28-22)9-6-14-26-25)17-23(30)27-16-19-7-4-3-5-8-19/h3-14H,2,15-17H2,1H3,(H,27,30). The van der Waals surface area contributed by atoms with E-state index in [0.29, 0.717) is 23.8 Å². The largest absolute Gasteiger partial charge is 0.350 e. The van der Waals surface area contributed by atoms with Gasteiger partial charge in [0.25, 0.3) is 0 Å². The lowest BCUT2D eigenvalue weighted by atomic mass is 10.0. The van der Waals surface area contributed by atoms with Crippen molar-refractivity contribution in [2.24, 2.45) is 4.99 Å². The van der Waals surface area contributed by atoms with Gasteiger partial charge in [0.15, 0.2) is 5.82 Å². The Hall–Kier alpha value is -3.80. The van der Waals surface area contributed by atoms with Gasteiger partial charge in [-0.3, -0.25) is 14.5 Å². The van der Waals surface area contributed by atoms with Gasteiger partial charge in [0, 0.05) is 12.7 Å². The molecule has 2 aromatic carbocycles. The predicted octanol–water partition coefficient (Wildman–Crippen LogP) is 3.82. The Kier molecular flexibility index (Phi) is 6.17. The fourth-order valence-corrected chi connectivity index (χ4v) is 3.48. The third-order valence-electron chi connectivity index (χ3n) is 5.23. The highest BCUT2D eigenvalue weighted by Crippen LogP contribution is 2.30. The highest BCUT2D eigenvalue weighted by molar-refractivity contribution is 6.18. The maximum atomic E-state index is 13.1. The van der Waals surface area contributed by atoms with Crippen molar-refractivity contribution >= 4 is 29.0 Å². The van der Waals surface area contributed by atoms with Gasteiger partial charge in [-0.05, 0) is 35.2 Å². The summed E-state index contributed by atoms with van der Waals surface area (Å²) >= 11 is 0. The molecule has 3 aromatic rings. The second-order valence-corrected chi connectivity index (χ2v) is 7.37. The number of fused-ring (bicyclic) bond motifs is 1. The van der Waals surface area contributed by atoms with Gasteiger partial charge in [-0.15, -0.1) is 0 Å². The van der Waals surface area contributed by atoms with Gasteiger partial charge in [-0.2, -0.15) is 0 Å². The Morgan fingerprint density at radius 1 is 1.00 bits per heavy atom. The van der Waals surface area contributed by atoms with E-state index in [1.807, 2.05) is 60.7 Å². The molecular formula is C25H24N4O2. The second kappa shape index (κ2) is 9.34. The Bertz CT molecular complexity index is 1110. The number of benzene rings is 2. The van der Waals surface area contributed by atoms with E-state index in [1.165, 1.54) is 10.5 Å². The van der Waals surface area contributed by atoms with Crippen LogP contribution in [0.5, 0.6) is 0 Å². The van der Waals surface area contributed by atoms with E-state index in [9.17, 15) is 9.59 Å². The van der Waals surface area contributed by atoms with Crippen LogP contribution < -0.4 is 10.2 Å². The number of aryl methyl sites for hydroxylation is 1. The molecule has 1 aliphatic rings. The van der Waals surface area contributed by atoms with E-state index in [-0.39, 0.29) is 24.8 Å². The van der Waals surface area contributed by atoms with Crippen molar-refractivity contribution in [3.63, 3.8) is 0 Å². The number of aliphatic imine (C=N–C) groups is 1. The first-order chi connectivity index (χ1) is 15.1. The molecule has 0 fully saturated rings. The molecule has 0 atom stereocenters. The fraction of sp³-hybridized carbons (Fsp3) is 0.200. The zero-order valence-electron chi connectivity index (χ0n) is 17.4. The Balaban J connectivity index is 1.54. The summed E-state index contributed by atoms with van der Waals surface area (Å²) in [5, 5.41) is 2.88. The number of carbonyl (C=O) groups excluding carboxylic acids is 2. The van der Waals surface area contributed by atoms with Crippen LogP contribution in [-0.2, 0) is 22.6 Å². The molecule has 0 bridgehead atoms. The van der Waals surface area contributed by atoms with Crippen LogP contribution in [0.2, 0.25) is 0 Å². The molecule has 2 amide bonds. The predicted molar refractivity (Wildman–Crippen MR) is 122 cm³/mol. The van der Waals surface area contributed by atoms with E-state index < -0.39 is 0 Å². The van der Waals surface area contributed by atoms with Crippen molar-refractivity contribution in [3.8, 4) is 0 Å². The number of rotatable bonds is 6. The summed E-state index contributed by atoms with van der Waals surface area (Å²) in [5.74, 6) is -0.0438. The molecule has 0 radical (unpaired) electrons. The molecule has 4 rings (SSSR count). The molecular weight excluding hydrogens is 388 g/mol. The normalized spacial score (nSPS) is 13.3. The van der Waals surface area contributed by atoms with E-state index in [1.54, 1.807) is 12.3 Å². The van der Waals surface area contributed by atoms with Crippen LogP contribution in [0.25, 0.3) is 0 Å². The van der Waals surface area contributed by atoms with Crippen LogP contribution in [-0.4, -0.2) is 29.1 Å². The van der Waals surface area contributed by atoms with Gasteiger partial charge in [-0.25, -0.2) is 9.98 Å². The van der Waals surface area contributed by atoms with Crippen molar-refractivity contribution < 1.29 is 9.59 Å². The minimum Gasteiger partial charge on any atom is -0.350 e. The van der Waals surface area contributed by atoms with Gasteiger partial charge in [0.1, 0.15) is 12.2 Å². The lowest BCUT2D eigenvalue weighted by Crippen LogP contribution is -2.41. The zero-order valence-corrected chi connectivity index (χ0v) is 17.4. The Labute approximate surface area is 181 Å². The molecule has 0 saturated heterocycles. The second-order valence-electron chi connectivity index (χ2n) is 7.37. The van der Waals surface area contributed by atoms with Crippen LogP contribution in [0.15, 0.2) is 77.9 Å². The highest BCUT2D eigenvalue weighted by atomic mass is 16.2. The third kappa shape index (κ3) is 4.86. The number of carbonyl (C=O) groups is 2. The SMILES string of the molecule is CCc1ccc(C2=Nc3cccnc3N(CC(=O)NCc3ccccc3)C(=O)C2)cc1. The van der Waals surface area contributed by atoms with Gasteiger partial charge in [-0.1, -0.05) is 61.5 Å². The highest BCUT2D eigenvalue weighted by Gasteiger charge is 2.27. The molecule has 31 heavy (non-hydrogen) atoms. The van der Waals surface area contributed by atoms with Gasteiger partial charge in [0.05, 0.1) is 12.1 Å². The average Bonchev–Trinajstić information content (AvgIpc) is 2.95. The smallest absolute Gasteiger partial charge is 0.240 e. The summed E-state index contributed by atoms with van der Waals surface area (Å²) in [6.07, 6.45) is 2.66. The molecule has 0 unspecified atom stereocenters. The summed E-state index contributed by atoms with van der Waals surface area (Å²) in [5.41, 5.74) is 4.38. The summed E-state index contributed by atoms with van der Waals surface area (Å²) in [6.45, 7) is 2.40. The number of amides is 2. The van der Waals surface area contributed by atoms with Crippen molar-refractivity contribution in [2.75, 3.05) is 11.4 Å². The monoisotopic (exact) mass is 412 g/mol. The molecule has 1 aliphatic heterocycles. The number of pyridine rings is 1. The summed E-state index contributed by atoms with van der Waals surface area (Å²) < 4.78 is 0. The van der Waals surface area contributed by atoms with Gasteiger partial charge < -0.3 is 5.32 Å². The third-order valence-corrected chi connectivity index (χ3v) is 5.23. The summed E-state index contributed by atoms with van der Waals surface area (Å²) in [7, 11) is 0. The van der Waals surface area contributed by atoms with Gasteiger partial charge in [0.2, 0.25) is 11.8 Å². The quantitative estimate of drug-likeness (QED) is 0.669. The Morgan fingerprint density at radius 3 is 2.52 bits per heavy atom. The first-order valence-electron chi connectivity index (χ1n) is 10.4. The number of anilines is 1. The fourth-order valence-electron chi connectivity index (χ4n) is 3.48. The van der Waals surface area contributed by atoms with Crippen LogP contribution in [0.1, 0.15) is 30.0 Å². The number of nitrogens with one attached hydrogen (secondary N) is 1. The van der Waals surface area contributed by atoms with Crippen LogP contribution in [0, 0.1) is 0 Å². The van der Waals surface area contributed by atoms with Crippen LogP contribution in [0.4, 0.5) is 11.5 Å². The molecule has 0 spiro atoms. The molecule has 0 saturated carbocycles. The lowest BCUT2D eigenvalue weighted by Gasteiger charge is -2.20. The molecule has 0 aliphatic carbocycles. The van der Waals surface area contributed by atoms with Crippen LogP contribution >= 0.6 is 0 Å². The molecule has 6 nitrogen and oxygen atoms in total. The lowest BCUT2D eigenvalue weighted by molar-refractivity contribution is -0.123. The molecule has 1 aromatic heterocycles. The maximum absolute atomic E-state index is 13.1. The average molecular weight is 412 g/mol. The number of hydrogen-bond donors (Lipinski definition) is 1. The van der Waals surface area contributed by atoms with Crippen molar-refractivity contribution in [1.29, 1.82) is 0 Å². The van der Waals surface area contributed by atoms with E-state index in [4.69, 9.17) is 4.99 Å². The Morgan fingerprint density at radius 2 is 1.77 bits per heavy atom. The zero-order chi connectivity index (χ0) is 21.6. The van der Waals surface area contributed by atoms with E-state index in [2.05, 4.69) is 17.2 Å². The molecule has 156 valence electrons. The molecule has 1 N–H and O–H groups in total. The van der Waals surface area contributed by atoms with E-state index in [0.717, 1.165) is 17.5 Å². The van der Waals surface area contributed by atoms with Gasteiger partial charge >= 0.3 is 0 Å². The first kappa shape index (κ1) is 20.5. The van der Waals surface area contributed by atoms with Crippen molar-refractivity contribution in [1.82, 2.24) is 10.3 Å². The molecule has 2 heterocycles. The topological polar surface area (TPSA) is 74.7 Å². The first-order valence-corrected chi connectivity index (χ1v) is 10.4. The number of aromatic nitrogens is 1. The van der Waals surface area contributed by atoms with Crippen LogP contribution in [0.3, 0.4) is 0 Å². The maximum Gasteiger partial charge on any atom is 0.240 e. The summed E-state index contributed by atoms with van der Waals surface area (Å²) in [4.78, 5) is 36.2. The minimum absolute atomic E-state index is 0.104. The van der Waals surface area contributed by atoms with E-state index >= 15 is 0 Å². The number of hydrogen-bond acceptors (Lipinski definition) is 4. The minimum atomic E-state index is -0.246.